The summed E-state index contributed by atoms with van der Waals surface area (Å²) in [5.41, 5.74) is 3.55. The molecular weight excluding hydrogens is 236 g/mol. The van der Waals surface area contributed by atoms with Gasteiger partial charge in [0.2, 0.25) is 0 Å². The lowest BCUT2D eigenvalue weighted by Crippen LogP contribution is -2.30. The lowest BCUT2D eigenvalue weighted by atomic mass is 10.1. The Morgan fingerprint density at radius 1 is 1.00 bits per heavy atom. The van der Waals surface area contributed by atoms with Crippen LogP contribution in [-0.4, -0.2) is 18.7 Å². The van der Waals surface area contributed by atoms with E-state index in [1.165, 1.54) is 11.3 Å². The van der Waals surface area contributed by atoms with Gasteiger partial charge < -0.3 is 4.74 Å². The Kier molecular flexibility index (Phi) is 2.30. The molecule has 19 heavy (non-hydrogen) atoms. The quantitative estimate of drug-likeness (QED) is 0.776. The van der Waals surface area contributed by atoms with E-state index in [2.05, 4.69) is 34.2 Å². The largest absolute Gasteiger partial charge is 0.462 e. The molecule has 1 fully saturated rings. The summed E-state index contributed by atoms with van der Waals surface area (Å²) in [7, 11) is 0. The minimum atomic E-state index is 0.403. The van der Waals surface area contributed by atoms with Crippen LogP contribution in [0.4, 0.5) is 11.4 Å². The number of para-hydroxylation sites is 2. The minimum Gasteiger partial charge on any atom is -0.462 e. The van der Waals surface area contributed by atoms with Crippen LogP contribution in [0.15, 0.2) is 59.6 Å². The summed E-state index contributed by atoms with van der Waals surface area (Å²) in [4.78, 5) is 6.84. The van der Waals surface area contributed by atoms with E-state index in [-0.39, 0.29) is 0 Å². The first kappa shape index (κ1) is 10.6. The van der Waals surface area contributed by atoms with Crippen LogP contribution in [0.5, 0.6) is 0 Å². The number of aliphatic imine (C=N–C) groups is 1. The van der Waals surface area contributed by atoms with Gasteiger partial charge in [-0.1, -0.05) is 36.4 Å². The van der Waals surface area contributed by atoms with Gasteiger partial charge >= 0.3 is 0 Å². The Morgan fingerprint density at radius 3 is 2.68 bits per heavy atom. The fraction of sp³-hybridized carbons (Fsp3) is 0.188. The van der Waals surface area contributed by atoms with Gasteiger partial charge in [-0.25, -0.2) is 0 Å². The zero-order valence-corrected chi connectivity index (χ0v) is 10.5. The zero-order chi connectivity index (χ0) is 12.7. The van der Waals surface area contributed by atoms with Crippen molar-refractivity contribution in [3.8, 4) is 0 Å². The second-order valence-electron chi connectivity index (χ2n) is 4.90. The van der Waals surface area contributed by atoms with Crippen molar-refractivity contribution >= 4 is 17.4 Å². The molecule has 1 atom stereocenters. The Balaban J connectivity index is 1.75. The van der Waals surface area contributed by atoms with Gasteiger partial charge in [0.25, 0.3) is 6.02 Å². The summed E-state index contributed by atoms with van der Waals surface area (Å²) in [5, 5.41) is 0. The number of fused-ring (bicyclic) bond motifs is 3. The molecule has 3 heteroatoms. The van der Waals surface area contributed by atoms with Crippen LogP contribution in [0, 0.1) is 0 Å². The average Bonchev–Trinajstić information content (AvgIpc) is 3.00. The SMILES string of the molecule is c1ccc(N=C2OCC3Cc4ccccc4N23)cc1. The van der Waals surface area contributed by atoms with Gasteiger partial charge in [0.05, 0.1) is 11.7 Å². The monoisotopic (exact) mass is 250 g/mol. The molecule has 0 saturated carbocycles. The first-order valence-corrected chi connectivity index (χ1v) is 6.55. The van der Waals surface area contributed by atoms with Crippen molar-refractivity contribution in [1.82, 2.24) is 0 Å². The predicted molar refractivity (Wildman–Crippen MR) is 75.9 cm³/mol. The summed E-state index contributed by atoms with van der Waals surface area (Å²) < 4.78 is 5.76. The van der Waals surface area contributed by atoms with Crippen molar-refractivity contribution in [2.75, 3.05) is 11.5 Å². The summed E-state index contributed by atoms with van der Waals surface area (Å²) in [6, 6.07) is 19.6. The van der Waals surface area contributed by atoms with E-state index >= 15 is 0 Å². The minimum absolute atomic E-state index is 0.403. The molecule has 2 aromatic carbocycles. The molecule has 2 aliphatic heterocycles. The fourth-order valence-electron chi connectivity index (χ4n) is 2.79. The maximum Gasteiger partial charge on any atom is 0.297 e. The normalized spacial score (nSPS) is 22.2. The number of amidine groups is 1. The van der Waals surface area contributed by atoms with Crippen molar-refractivity contribution in [1.29, 1.82) is 0 Å². The van der Waals surface area contributed by atoms with Crippen molar-refractivity contribution in [3.63, 3.8) is 0 Å². The molecule has 94 valence electrons. The standard InChI is InChI=1S/C16H14N2O/c1-2-7-13(8-3-1)17-16-18-14(11-19-16)10-12-6-4-5-9-15(12)18/h1-9,14H,10-11H2. The third kappa shape index (κ3) is 1.70. The fourth-order valence-corrected chi connectivity index (χ4v) is 2.79. The van der Waals surface area contributed by atoms with Crippen LogP contribution in [0.3, 0.4) is 0 Å². The summed E-state index contributed by atoms with van der Waals surface area (Å²) in [6.45, 7) is 0.723. The number of anilines is 1. The van der Waals surface area contributed by atoms with Crippen molar-refractivity contribution < 1.29 is 4.74 Å². The second kappa shape index (κ2) is 4.12. The highest BCUT2D eigenvalue weighted by molar-refractivity contribution is 5.98. The summed E-state index contributed by atoms with van der Waals surface area (Å²) >= 11 is 0. The number of hydrogen-bond donors (Lipinski definition) is 0. The number of ether oxygens (including phenoxy) is 1. The first-order valence-electron chi connectivity index (χ1n) is 6.55. The molecule has 0 aliphatic carbocycles. The zero-order valence-electron chi connectivity index (χ0n) is 10.5. The molecule has 1 unspecified atom stereocenters. The van der Waals surface area contributed by atoms with E-state index in [4.69, 9.17) is 4.74 Å². The lowest BCUT2D eigenvalue weighted by Gasteiger charge is -2.15. The molecule has 0 spiro atoms. The van der Waals surface area contributed by atoms with Gasteiger partial charge in [-0.15, -0.1) is 0 Å². The number of hydrogen-bond acceptors (Lipinski definition) is 2. The van der Waals surface area contributed by atoms with E-state index in [1.807, 2.05) is 30.3 Å². The number of nitrogens with zero attached hydrogens (tertiary/aromatic N) is 2. The molecule has 2 heterocycles. The van der Waals surface area contributed by atoms with E-state index in [1.54, 1.807) is 0 Å². The van der Waals surface area contributed by atoms with Crippen LogP contribution >= 0.6 is 0 Å². The van der Waals surface area contributed by atoms with Crippen molar-refractivity contribution in [2.45, 2.75) is 12.5 Å². The van der Waals surface area contributed by atoms with Gasteiger partial charge in [-0.05, 0) is 30.2 Å². The molecule has 0 aromatic heterocycles. The van der Waals surface area contributed by atoms with Crippen molar-refractivity contribution in [2.24, 2.45) is 4.99 Å². The Bertz CT molecular complexity index is 636. The average molecular weight is 250 g/mol. The Hall–Kier alpha value is -2.29. The van der Waals surface area contributed by atoms with Gasteiger partial charge in [0.15, 0.2) is 0 Å². The third-order valence-electron chi connectivity index (χ3n) is 3.66. The molecular formula is C16H14N2O. The summed E-state index contributed by atoms with van der Waals surface area (Å²) in [5.74, 6) is 0. The molecule has 0 N–H and O–H groups in total. The molecule has 2 aliphatic rings. The van der Waals surface area contributed by atoms with Crippen LogP contribution in [0.1, 0.15) is 5.56 Å². The van der Waals surface area contributed by atoms with Gasteiger partial charge in [0.1, 0.15) is 6.61 Å². The van der Waals surface area contributed by atoms with E-state index < -0.39 is 0 Å². The molecule has 0 bridgehead atoms. The highest BCUT2D eigenvalue weighted by atomic mass is 16.5. The summed E-state index contributed by atoms with van der Waals surface area (Å²) in [6.07, 6.45) is 1.05. The smallest absolute Gasteiger partial charge is 0.297 e. The molecule has 1 saturated heterocycles. The Labute approximate surface area is 112 Å². The highest BCUT2D eigenvalue weighted by Crippen LogP contribution is 2.36. The molecule has 0 radical (unpaired) electrons. The Morgan fingerprint density at radius 2 is 1.79 bits per heavy atom. The molecule has 2 aromatic rings. The van der Waals surface area contributed by atoms with E-state index in [0.29, 0.717) is 6.04 Å². The van der Waals surface area contributed by atoms with Crippen LogP contribution in [0.2, 0.25) is 0 Å². The number of benzene rings is 2. The maximum absolute atomic E-state index is 5.76. The van der Waals surface area contributed by atoms with Gasteiger partial charge in [0, 0.05) is 5.69 Å². The van der Waals surface area contributed by atoms with Crippen LogP contribution in [0.25, 0.3) is 0 Å². The van der Waals surface area contributed by atoms with Gasteiger partial charge in [-0.3, -0.25) is 4.90 Å². The van der Waals surface area contributed by atoms with Crippen LogP contribution in [-0.2, 0) is 11.2 Å². The second-order valence-corrected chi connectivity index (χ2v) is 4.90. The first-order chi connectivity index (χ1) is 9.42. The number of rotatable bonds is 1. The maximum atomic E-state index is 5.76. The lowest BCUT2D eigenvalue weighted by molar-refractivity contribution is 0.327. The van der Waals surface area contributed by atoms with Gasteiger partial charge in [-0.2, -0.15) is 4.99 Å². The molecule has 4 rings (SSSR count). The third-order valence-corrected chi connectivity index (χ3v) is 3.66. The van der Waals surface area contributed by atoms with Crippen LogP contribution < -0.4 is 4.90 Å². The molecule has 0 amide bonds. The van der Waals surface area contributed by atoms with Crippen molar-refractivity contribution in [3.05, 3.63) is 60.2 Å². The van der Waals surface area contributed by atoms with E-state index in [9.17, 15) is 0 Å². The highest BCUT2D eigenvalue weighted by Gasteiger charge is 2.38. The van der Waals surface area contributed by atoms with E-state index in [0.717, 1.165) is 24.7 Å². The molecule has 3 nitrogen and oxygen atoms in total. The predicted octanol–water partition coefficient (Wildman–Crippen LogP) is 3.14. The topological polar surface area (TPSA) is 24.8 Å².